The highest BCUT2D eigenvalue weighted by Crippen LogP contribution is 2.31. The third-order valence-corrected chi connectivity index (χ3v) is 2.75. The summed E-state index contributed by atoms with van der Waals surface area (Å²) >= 11 is 0. The Bertz CT molecular complexity index is 737. The molecular weight excluding hydrogens is 316 g/mol. The predicted molar refractivity (Wildman–Crippen MR) is 76.1 cm³/mol. The maximum absolute atomic E-state index is 12.0. The summed E-state index contributed by atoms with van der Waals surface area (Å²) in [7, 11) is 0. The first-order valence-electron chi connectivity index (χ1n) is 6.11. The molecular formula is C13H9F2N3O5. The Balaban J connectivity index is 2.25. The average Bonchev–Trinajstić information content (AvgIpc) is 2.48. The Hall–Kier alpha value is -3.30. The van der Waals surface area contributed by atoms with E-state index in [-0.39, 0.29) is 11.4 Å². The minimum atomic E-state index is -2.95. The van der Waals surface area contributed by atoms with E-state index in [2.05, 4.69) is 10.1 Å². The van der Waals surface area contributed by atoms with Crippen LogP contribution < -0.4 is 10.1 Å². The van der Waals surface area contributed by atoms with Crippen LogP contribution in [0.5, 0.6) is 5.75 Å². The number of hydrogen-bond acceptors (Lipinski definition) is 6. The number of nitro benzene ring substituents is 2. The maximum Gasteiger partial charge on any atom is 0.387 e. The number of rotatable bonds is 6. The molecule has 1 N–H and O–H groups in total. The number of non-ortho nitro benzene ring substituents is 1. The smallest absolute Gasteiger partial charge is 0.387 e. The lowest BCUT2D eigenvalue weighted by Gasteiger charge is -2.08. The monoisotopic (exact) mass is 325 g/mol. The van der Waals surface area contributed by atoms with E-state index in [4.69, 9.17) is 0 Å². The van der Waals surface area contributed by atoms with Gasteiger partial charge in [0.05, 0.1) is 15.9 Å². The maximum atomic E-state index is 12.0. The van der Waals surface area contributed by atoms with E-state index in [9.17, 15) is 29.0 Å². The molecule has 0 unspecified atom stereocenters. The number of ether oxygens (including phenoxy) is 1. The first-order valence-corrected chi connectivity index (χ1v) is 6.11. The Morgan fingerprint density at radius 3 is 2.17 bits per heavy atom. The molecule has 2 aromatic rings. The molecule has 0 heterocycles. The van der Waals surface area contributed by atoms with E-state index in [0.29, 0.717) is 5.69 Å². The molecule has 0 aromatic heterocycles. The Morgan fingerprint density at radius 1 is 1.00 bits per heavy atom. The molecule has 0 fully saturated rings. The van der Waals surface area contributed by atoms with Gasteiger partial charge in [-0.15, -0.1) is 0 Å². The third kappa shape index (κ3) is 4.09. The molecule has 120 valence electrons. The van der Waals surface area contributed by atoms with Gasteiger partial charge in [-0.25, -0.2) is 0 Å². The van der Waals surface area contributed by atoms with E-state index >= 15 is 0 Å². The first-order chi connectivity index (χ1) is 10.9. The zero-order valence-electron chi connectivity index (χ0n) is 11.3. The van der Waals surface area contributed by atoms with Crippen molar-refractivity contribution in [1.29, 1.82) is 0 Å². The van der Waals surface area contributed by atoms with Gasteiger partial charge in [0.25, 0.3) is 11.4 Å². The van der Waals surface area contributed by atoms with Crippen LogP contribution in [0.25, 0.3) is 0 Å². The average molecular weight is 325 g/mol. The Labute approximate surface area is 127 Å². The summed E-state index contributed by atoms with van der Waals surface area (Å²) < 4.78 is 28.3. The lowest BCUT2D eigenvalue weighted by atomic mass is 10.2. The van der Waals surface area contributed by atoms with Crippen LogP contribution in [0.4, 0.5) is 31.5 Å². The summed E-state index contributed by atoms with van der Waals surface area (Å²) in [5, 5.41) is 24.4. The number of halogens is 2. The normalized spacial score (nSPS) is 10.4. The third-order valence-electron chi connectivity index (χ3n) is 2.75. The predicted octanol–water partition coefficient (Wildman–Crippen LogP) is 3.85. The van der Waals surface area contributed by atoms with Gasteiger partial charge in [-0.1, -0.05) is 0 Å². The largest absolute Gasteiger partial charge is 0.435 e. The van der Waals surface area contributed by atoms with Crippen molar-refractivity contribution in [3.05, 3.63) is 62.7 Å². The summed E-state index contributed by atoms with van der Waals surface area (Å²) in [5.74, 6) is -0.0660. The van der Waals surface area contributed by atoms with E-state index < -0.39 is 27.8 Å². The number of benzene rings is 2. The van der Waals surface area contributed by atoms with Crippen molar-refractivity contribution in [2.45, 2.75) is 6.61 Å². The second-order valence-electron chi connectivity index (χ2n) is 4.24. The van der Waals surface area contributed by atoms with Gasteiger partial charge in [0.15, 0.2) is 0 Å². The number of alkyl halides is 2. The lowest BCUT2D eigenvalue weighted by Crippen LogP contribution is -2.02. The second-order valence-corrected chi connectivity index (χ2v) is 4.24. The Morgan fingerprint density at radius 2 is 1.65 bits per heavy atom. The van der Waals surface area contributed by atoms with Crippen LogP contribution in [-0.2, 0) is 0 Å². The molecule has 0 aliphatic rings. The van der Waals surface area contributed by atoms with Gasteiger partial charge in [0, 0.05) is 11.8 Å². The zero-order valence-corrected chi connectivity index (χ0v) is 11.3. The van der Waals surface area contributed by atoms with Gasteiger partial charge < -0.3 is 10.1 Å². The minimum Gasteiger partial charge on any atom is -0.435 e. The molecule has 0 aliphatic carbocycles. The highest BCUT2D eigenvalue weighted by molar-refractivity contribution is 5.71. The van der Waals surface area contributed by atoms with Crippen LogP contribution in [0.3, 0.4) is 0 Å². The number of nitro groups is 2. The fourth-order valence-corrected chi connectivity index (χ4v) is 1.77. The molecule has 0 atom stereocenters. The van der Waals surface area contributed by atoms with Gasteiger partial charge in [0.1, 0.15) is 11.4 Å². The quantitative estimate of drug-likeness (QED) is 0.638. The molecule has 0 radical (unpaired) electrons. The molecule has 0 spiro atoms. The van der Waals surface area contributed by atoms with Crippen LogP contribution in [0.1, 0.15) is 0 Å². The summed E-state index contributed by atoms with van der Waals surface area (Å²) in [6.45, 7) is -2.95. The molecule has 2 aromatic carbocycles. The fraction of sp³-hybridized carbons (Fsp3) is 0.0769. The summed E-state index contributed by atoms with van der Waals surface area (Å²) in [4.78, 5) is 20.2. The number of hydrogen-bond donors (Lipinski definition) is 1. The molecule has 2 rings (SSSR count). The summed E-state index contributed by atoms with van der Waals surface area (Å²) in [5.41, 5.74) is -0.498. The molecule has 23 heavy (non-hydrogen) atoms. The molecule has 0 saturated heterocycles. The van der Waals surface area contributed by atoms with Crippen LogP contribution in [0.15, 0.2) is 42.5 Å². The van der Waals surface area contributed by atoms with Gasteiger partial charge >= 0.3 is 6.61 Å². The van der Waals surface area contributed by atoms with E-state index in [1.54, 1.807) is 0 Å². The van der Waals surface area contributed by atoms with Crippen LogP contribution in [0, 0.1) is 20.2 Å². The van der Waals surface area contributed by atoms with Crippen LogP contribution >= 0.6 is 0 Å². The number of nitrogens with one attached hydrogen (secondary N) is 1. The summed E-state index contributed by atoms with van der Waals surface area (Å²) in [6.07, 6.45) is 0. The lowest BCUT2D eigenvalue weighted by molar-refractivity contribution is -0.393. The summed E-state index contributed by atoms with van der Waals surface area (Å²) in [6, 6.07) is 8.41. The van der Waals surface area contributed by atoms with Gasteiger partial charge in [-0.05, 0) is 30.3 Å². The zero-order chi connectivity index (χ0) is 17.0. The van der Waals surface area contributed by atoms with E-state index in [1.165, 1.54) is 30.3 Å². The first kappa shape index (κ1) is 16.1. The molecule has 10 heteroatoms. The van der Waals surface area contributed by atoms with Crippen molar-refractivity contribution >= 4 is 22.7 Å². The van der Waals surface area contributed by atoms with Crippen LogP contribution in [-0.4, -0.2) is 16.5 Å². The molecule has 0 saturated carbocycles. The van der Waals surface area contributed by atoms with Crippen molar-refractivity contribution in [3.8, 4) is 5.75 Å². The number of anilines is 2. The SMILES string of the molecule is O=[N+]([O-])c1ccc(Nc2ccc(OC(F)F)cc2)c([N+](=O)[O-])c1. The van der Waals surface area contributed by atoms with E-state index in [1.807, 2.05) is 0 Å². The highest BCUT2D eigenvalue weighted by Gasteiger charge is 2.19. The van der Waals surface area contributed by atoms with Crippen molar-refractivity contribution in [3.63, 3.8) is 0 Å². The minimum absolute atomic E-state index is 0.0307. The molecule has 0 aliphatic heterocycles. The van der Waals surface area contributed by atoms with Crippen molar-refractivity contribution < 1.29 is 23.4 Å². The van der Waals surface area contributed by atoms with Crippen LogP contribution in [0.2, 0.25) is 0 Å². The Kier molecular flexibility index (Phi) is 4.64. The highest BCUT2D eigenvalue weighted by atomic mass is 19.3. The molecule has 8 nitrogen and oxygen atoms in total. The standard InChI is InChI=1S/C13H9F2N3O5/c14-13(15)23-10-4-1-8(2-5-10)16-11-6-3-9(17(19)20)7-12(11)18(21)22/h1-7,13,16H. The van der Waals surface area contributed by atoms with Crippen molar-refractivity contribution in [2.24, 2.45) is 0 Å². The fourth-order valence-electron chi connectivity index (χ4n) is 1.77. The van der Waals surface area contributed by atoms with Gasteiger partial charge in [-0.3, -0.25) is 20.2 Å². The van der Waals surface area contributed by atoms with Gasteiger partial charge in [0.2, 0.25) is 0 Å². The second kappa shape index (κ2) is 6.64. The van der Waals surface area contributed by atoms with Crippen molar-refractivity contribution in [1.82, 2.24) is 0 Å². The topological polar surface area (TPSA) is 108 Å². The number of nitrogens with zero attached hydrogens (tertiary/aromatic N) is 2. The molecule has 0 bridgehead atoms. The van der Waals surface area contributed by atoms with Crippen molar-refractivity contribution in [2.75, 3.05) is 5.32 Å². The van der Waals surface area contributed by atoms with E-state index in [0.717, 1.165) is 12.1 Å². The molecule has 0 amide bonds. The van der Waals surface area contributed by atoms with Gasteiger partial charge in [-0.2, -0.15) is 8.78 Å².